The summed E-state index contributed by atoms with van der Waals surface area (Å²) < 4.78 is 5.59. The number of terminal acetylenes is 1. The molecule has 0 saturated carbocycles. The van der Waals surface area contributed by atoms with Gasteiger partial charge in [0.1, 0.15) is 5.75 Å². The second kappa shape index (κ2) is 4.80. The molecule has 3 heteroatoms. The number of para-hydroxylation sites is 1. The first kappa shape index (κ1) is 10.7. The Balaban J connectivity index is 1.71. The third-order valence-electron chi connectivity index (χ3n) is 2.57. The summed E-state index contributed by atoms with van der Waals surface area (Å²) in [6, 6.07) is 9.75. The maximum absolute atomic E-state index is 5.59. The minimum absolute atomic E-state index is 0.235. The fourth-order valence-corrected chi connectivity index (χ4v) is 1.52. The number of hydrogen-bond acceptors (Lipinski definition) is 3. The standard InChI is InChI=1S/C13H14N2O/c1-2-3-9-13(14-15-13)10-11-16-12-7-5-4-6-8-12/h1,4-8H,3,9-11H2. The van der Waals surface area contributed by atoms with Gasteiger partial charge in [-0.2, -0.15) is 10.2 Å². The van der Waals surface area contributed by atoms with Gasteiger partial charge in [0, 0.05) is 19.3 Å². The molecule has 0 spiro atoms. The van der Waals surface area contributed by atoms with E-state index in [0.29, 0.717) is 6.61 Å². The van der Waals surface area contributed by atoms with Crippen molar-refractivity contribution in [3.63, 3.8) is 0 Å². The number of ether oxygens (including phenoxy) is 1. The molecule has 0 unspecified atom stereocenters. The van der Waals surface area contributed by atoms with E-state index in [9.17, 15) is 0 Å². The Labute approximate surface area is 95.5 Å². The lowest BCUT2D eigenvalue weighted by Crippen LogP contribution is -2.15. The molecule has 0 saturated heterocycles. The molecule has 0 radical (unpaired) electrons. The van der Waals surface area contributed by atoms with Gasteiger partial charge in [0.2, 0.25) is 0 Å². The maximum atomic E-state index is 5.59. The van der Waals surface area contributed by atoms with Gasteiger partial charge in [0.25, 0.3) is 0 Å². The maximum Gasteiger partial charge on any atom is 0.195 e. The molecule has 16 heavy (non-hydrogen) atoms. The minimum atomic E-state index is -0.235. The predicted molar refractivity (Wildman–Crippen MR) is 62.2 cm³/mol. The lowest BCUT2D eigenvalue weighted by Gasteiger charge is -2.10. The van der Waals surface area contributed by atoms with Gasteiger partial charge in [-0.3, -0.25) is 0 Å². The molecule has 82 valence electrons. The largest absolute Gasteiger partial charge is 0.493 e. The van der Waals surface area contributed by atoms with Crippen LogP contribution < -0.4 is 4.74 Å². The zero-order valence-corrected chi connectivity index (χ0v) is 9.10. The van der Waals surface area contributed by atoms with Gasteiger partial charge in [-0.15, -0.1) is 12.3 Å². The number of benzene rings is 1. The van der Waals surface area contributed by atoms with Gasteiger partial charge in [0.05, 0.1) is 6.61 Å². The molecule has 0 N–H and O–H groups in total. The Morgan fingerprint density at radius 3 is 2.56 bits per heavy atom. The average Bonchev–Trinajstić information content (AvgIpc) is 3.09. The molecule has 0 aliphatic carbocycles. The molecule has 1 aromatic carbocycles. The van der Waals surface area contributed by atoms with Crippen LogP contribution in [0.25, 0.3) is 0 Å². The van der Waals surface area contributed by atoms with E-state index in [1.807, 2.05) is 30.3 Å². The van der Waals surface area contributed by atoms with Gasteiger partial charge >= 0.3 is 0 Å². The normalized spacial score (nSPS) is 15.4. The van der Waals surface area contributed by atoms with E-state index in [0.717, 1.165) is 25.0 Å². The summed E-state index contributed by atoms with van der Waals surface area (Å²) in [5, 5.41) is 8.10. The molecule has 0 aromatic heterocycles. The summed E-state index contributed by atoms with van der Waals surface area (Å²) in [6.45, 7) is 0.627. The van der Waals surface area contributed by atoms with E-state index in [4.69, 9.17) is 11.2 Å². The molecule has 1 heterocycles. The monoisotopic (exact) mass is 214 g/mol. The Kier molecular flexibility index (Phi) is 3.21. The Morgan fingerprint density at radius 1 is 1.19 bits per heavy atom. The quantitative estimate of drug-likeness (QED) is 0.670. The molecule has 0 amide bonds. The van der Waals surface area contributed by atoms with Crippen LogP contribution in [-0.2, 0) is 0 Å². The van der Waals surface area contributed by atoms with Gasteiger partial charge in [0.15, 0.2) is 5.66 Å². The SMILES string of the molecule is C#CCCC1(CCOc2ccccc2)N=N1. The van der Waals surface area contributed by atoms with Gasteiger partial charge in [-0.25, -0.2) is 0 Å². The van der Waals surface area contributed by atoms with Gasteiger partial charge in [-0.1, -0.05) is 18.2 Å². The lowest BCUT2D eigenvalue weighted by molar-refractivity contribution is 0.283. The smallest absolute Gasteiger partial charge is 0.195 e. The van der Waals surface area contributed by atoms with Crippen molar-refractivity contribution in [2.75, 3.05) is 6.61 Å². The molecule has 0 atom stereocenters. The van der Waals surface area contributed by atoms with Crippen LogP contribution >= 0.6 is 0 Å². The lowest BCUT2D eigenvalue weighted by atomic mass is 10.1. The zero-order chi connectivity index (χ0) is 11.3. The van der Waals surface area contributed by atoms with E-state index in [1.165, 1.54) is 0 Å². The second-order valence-corrected chi connectivity index (χ2v) is 3.80. The zero-order valence-electron chi connectivity index (χ0n) is 9.10. The van der Waals surface area contributed by atoms with Crippen molar-refractivity contribution in [1.29, 1.82) is 0 Å². The highest BCUT2D eigenvalue weighted by molar-refractivity contribution is 5.20. The third-order valence-corrected chi connectivity index (χ3v) is 2.57. The minimum Gasteiger partial charge on any atom is -0.493 e. The van der Waals surface area contributed by atoms with Crippen molar-refractivity contribution < 1.29 is 4.74 Å². The van der Waals surface area contributed by atoms with E-state index in [-0.39, 0.29) is 5.66 Å². The van der Waals surface area contributed by atoms with E-state index >= 15 is 0 Å². The summed E-state index contributed by atoms with van der Waals surface area (Å²) in [4.78, 5) is 0. The number of hydrogen-bond donors (Lipinski definition) is 0. The van der Waals surface area contributed by atoms with Crippen molar-refractivity contribution in [1.82, 2.24) is 0 Å². The predicted octanol–water partition coefficient (Wildman–Crippen LogP) is 3.03. The third kappa shape index (κ3) is 2.83. The molecule has 3 nitrogen and oxygen atoms in total. The second-order valence-electron chi connectivity index (χ2n) is 3.80. The molecular weight excluding hydrogens is 200 g/mol. The van der Waals surface area contributed by atoms with Crippen LogP contribution in [-0.4, -0.2) is 12.3 Å². The molecule has 1 aliphatic heterocycles. The molecule has 1 aromatic rings. The summed E-state index contributed by atoms with van der Waals surface area (Å²) >= 11 is 0. The number of rotatable bonds is 6. The Hall–Kier alpha value is -1.82. The average molecular weight is 214 g/mol. The molecule has 0 bridgehead atoms. The summed E-state index contributed by atoms with van der Waals surface area (Å²) in [5.41, 5.74) is -0.235. The van der Waals surface area contributed by atoms with E-state index in [1.54, 1.807) is 0 Å². The van der Waals surface area contributed by atoms with Gasteiger partial charge < -0.3 is 4.74 Å². The summed E-state index contributed by atoms with van der Waals surface area (Å²) in [6.07, 6.45) is 7.58. The highest BCUT2D eigenvalue weighted by Crippen LogP contribution is 2.36. The van der Waals surface area contributed by atoms with E-state index in [2.05, 4.69) is 16.1 Å². The molecule has 0 fully saturated rings. The van der Waals surface area contributed by atoms with E-state index < -0.39 is 0 Å². The van der Waals surface area contributed by atoms with Crippen LogP contribution in [0.2, 0.25) is 0 Å². The van der Waals surface area contributed by atoms with Crippen LogP contribution in [0.1, 0.15) is 19.3 Å². The van der Waals surface area contributed by atoms with Crippen LogP contribution in [0.3, 0.4) is 0 Å². The first-order valence-corrected chi connectivity index (χ1v) is 5.40. The Morgan fingerprint density at radius 2 is 1.94 bits per heavy atom. The number of nitrogens with zero attached hydrogens (tertiary/aromatic N) is 2. The summed E-state index contributed by atoms with van der Waals surface area (Å²) in [5.74, 6) is 3.50. The fraction of sp³-hybridized carbons (Fsp3) is 0.385. The molecular formula is C13H14N2O. The molecule has 2 rings (SSSR count). The fourth-order valence-electron chi connectivity index (χ4n) is 1.52. The van der Waals surface area contributed by atoms with Crippen LogP contribution in [0.4, 0.5) is 0 Å². The van der Waals surface area contributed by atoms with Crippen molar-refractivity contribution in [2.45, 2.75) is 24.9 Å². The van der Waals surface area contributed by atoms with Crippen LogP contribution in [0.5, 0.6) is 5.75 Å². The summed E-state index contributed by atoms with van der Waals surface area (Å²) in [7, 11) is 0. The van der Waals surface area contributed by atoms with Crippen molar-refractivity contribution in [3.05, 3.63) is 30.3 Å². The Bertz CT molecular complexity index is 400. The van der Waals surface area contributed by atoms with Crippen molar-refractivity contribution in [3.8, 4) is 18.1 Å². The van der Waals surface area contributed by atoms with Crippen molar-refractivity contribution >= 4 is 0 Å². The van der Waals surface area contributed by atoms with Crippen LogP contribution in [0.15, 0.2) is 40.6 Å². The first-order valence-electron chi connectivity index (χ1n) is 5.40. The van der Waals surface area contributed by atoms with Gasteiger partial charge in [-0.05, 0) is 12.1 Å². The van der Waals surface area contributed by atoms with Crippen LogP contribution in [0, 0.1) is 12.3 Å². The van der Waals surface area contributed by atoms with Crippen molar-refractivity contribution in [2.24, 2.45) is 10.2 Å². The molecule has 1 aliphatic rings. The highest BCUT2D eigenvalue weighted by Gasteiger charge is 2.38. The highest BCUT2D eigenvalue weighted by atomic mass is 16.5. The topological polar surface area (TPSA) is 34.0 Å². The first-order chi connectivity index (χ1) is 7.85.